The highest BCUT2D eigenvalue weighted by Gasteiger charge is 2.50. The van der Waals surface area contributed by atoms with Crippen LogP contribution in [0.1, 0.15) is 18.1 Å². The van der Waals surface area contributed by atoms with E-state index in [0.29, 0.717) is 5.04 Å². The number of Topliss-reactive ketones (excluding diaryl/α,β-unsaturated/α-hetero) is 1. The van der Waals surface area contributed by atoms with E-state index in [1.54, 1.807) is 6.92 Å². The van der Waals surface area contributed by atoms with Gasteiger partial charge in [0.2, 0.25) is 4.99 Å². The van der Waals surface area contributed by atoms with E-state index >= 15 is 0 Å². The lowest BCUT2D eigenvalue weighted by molar-refractivity contribution is -0.110. The maximum atomic E-state index is 12.4. The van der Waals surface area contributed by atoms with Crippen molar-refractivity contribution >= 4 is 55.6 Å². The predicted octanol–water partition coefficient (Wildman–Crippen LogP) is 6.35. The van der Waals surface area contributed by atoms with Crippen LogP contribution in [0, 0.1) is 6.92 Å². The summed E-state index contributed by atoms with van der Waals surface area (Å²) in [6.07, 6.45) is 4.09. The first-order valence-electron chi connectivity index (χ1n) is 10.5. The van der Waals surface area contributed by atoms with Crippen LogP contribution in [0.5, 0.6) is 0 Å². The summed E-state index contributed by atoms with van der Waals surface area (Å²) in [6.45, 7) is 3.60. The first kappa shape index (κ1) is 21.7. The lowest BCUT2D eigenvalue weighted by atomic mass is 10.1. The number of anilines is 2. The van der Waals surface area contributed by atoms with Gasteiger partial charge < -0.3 is 0 Å². The van der Waals surface area contributed by atoms with Crippen LogP contribution in [-0.4, -0.2) is 21.5 Å². The number of benzene rings is 3. The Hall–Kier alpha value is -3.16. The molecule has 5 rings (SSSR count). The number of allylic oxidation sites excluding steroid dienone is 1. The standard InChI is InChI=1S/C26H21BrN4OS/c1-18-7-6-10-23(17-18)31-26(33-25(29-31)19(2)32)16-15-24(20-11-13-21(27)14-12-20)28-30(26)22-8-4-3-5-9-22/h3-17H,1-2H3/t26-/m0/s1. The van der Waals surface area contributed by atoms with Crippen LogP contribution in [0.25, 0.3) is 0 Å². The van der Waals surface area contributed by atoms with E-state index in [9.17, 15) is 4.79 Å². The SMILES string of the molecule is CC(=O)C1=NN(c2cccc(C)c2)[C@@]2(C=CC(c3ccc(Br)cc3)=NN2c2ccccc2)S1. The highest BCUT2D eigenvalue weighted by atomic mass is 79.9. The van der Waals surface area contributed by atoms with Gasteiger partial charge in [0.15, 0.2) is 10.8 Å². The highest BCUT2D eigenvalue weighted by molar-refractivity contribution is 9.10. The van der Waals surface area contributed by atoms with Gasteiger partial charge in [0.25, 0.3) is 0 Å². The summed E-state index contributed by atoms with van der Waals surface area (Å²) < 4.78 is 1.01. The van der Waals surface area contributed by atoms with E-state index in [2.05, 4.69) is 28.1 Å². The van der Waals surface area contributed by atoms with Crippen molar-refractivity contribution in [3.63, 3.8) is 0 Å². The zero-order chi connectivity index (χ0) is 23.0. The molecule has 0 unspecified atom stereocenters. The Morgan fingerprint density at radius 3 is 2.30 bits per heavy atom. The quantitative estimate of drug-likeness (QED) is 0.405. The van der Waals surface area contributed by atoms with Gasteiger partial charge in [-0.2, -0.15) is 10.2 Å². The van der Waals surface area contributed by atoms with Crippen LogP contribution in [0.3, 0.4) is 0 Å². The fraction of sp³-hybridized carbons (Fsp3) is 0.115. The summed E-state index contributed by atoms with van der Waals surface area (Å²) in [6, 6.07) is 26.2. The van der Waals surface area contributed by atoms with Crippen molar-refractivity contribution in [2.45, 2.75) is 18.8 Å². The largest absolute Gasteiger partial charge is 0.292 e. The molecule has 3 aromatic carbocycles. The van der Waals surface area contributed by atoms with E-state index in [4.69, 9.17) is 10.2 Å². The first-order chi connectivity index (χ1) is 16.0. The summed E-state index contributed by atoms with van der Waals surface area (Å²) >= 11 is 4.91. The number of rotatable bonds is 4. The second-order valence-electron chi connectivity index (χ2n) is 7.85. The van der Waals surface area contributed by atoms with Gasteiger partial charge in [-0.05, 0) is 72.8 Å². The Bertz CT molecular complexity index is 1300. The number of thioether (sulfide) groups is 1. The number of hydrazone groups is 2. The number of halogens is 1. The predicted molar refractivity (Wildman–Crippen MR) is 141 cm³/mol. The maximum absolute atomic E-state index is 12.4. The lowest BCUT2D eigenvalue weighted by Crippen LogP contribution is -2.53. The number of aryl methyl sites for hydroxylation is 1. The van der Waals surface area contributed by atoms with Gasteiger partial charge in [-0.15, -0.1) is 0 Å². The van der Waals surface area contributed by atoms with Gasteiger partial charge in [-0.25, -0.2) is 10.0 Å². The average molecular weight is 517 g/mol. The monoisotopic (exact) mass is 516 g/mol. The highest BCUT2D eigenvalue weighted by Crippen LogP contribution is 2.48. The molecule has 5 nitrogen and oxygen atoms in total. The summed E-state index contributed by atoms with van der Waals surface area (Å²) in [7, 11) is 0. The van der Waals surface area contributed by atoms with Crippen molar-refractivity contribution in [3.05, 3.63) is 107 Å². The molecule has 0 bridgehead atoms. The van der Waals surface area contributed by atoms with Crippen molar-refractivity contribution < 1.29 is 4.79 Å². The first-order valence-corrected chi connectivity index (χ1v) is 12.1. The van der Waals surface area contributed by atoms with Gasteiger partial charge in [0.1, 0.15) is 0 Å². The number of hydrogen-bond donors (Lipinski definition) is 0. The molecule has 2 aliphatic heterocycles. The lowest BCUT2D eigenvalue weighted by Gasteiger charge is -2.43. The van der Waals surface area contributed by atoms with Gasteiger partial charge in [0.05, 0.1) is 17.1 Å². The third-order valence-corrected chi connectivity index (χ3v) is 7.27. The molecule has 0 saturated heterocycles. The molecule has 1 atom stereocenters. The Labute approximate surface area is 205 Å². The molecule has 164 valence electrons. The number of carbonyl (C=O) groups is 1. The summed E-state index contributed by atoms with van der Waals surface area (Å²) in [5, 5.41) is 14.1. The average Bonchev–Trinajstić information content (AvgIpc) is 3.21. The maximum Gasteiger partial charge on any atom is 0.227 e. The molecule has 0 aromatic heterocycles. The summed E-state index contributed by atoms with van der Waals surface area (Å²) in [5.41, 5.74) is 4.75. The smallest absolute Gasteiger partial charge is 0.227 e. The zero-order valence-electron chi connectivity index (χ0n) is 18.1. The fourth-order valence-electron chi connectivity index (χ4n) is 3.81. The Morgan fingerprint density at radius 2 is 1.61 bits per heavy atom. The van der Waals surface area contributed by atoms with Crippen molar-refractivity contribution in [2.24, 2.45) is 10.2 Å². The molecular formula is C26H21BrN4OS. The Kier molecular flexibility index (Phi) is 5.68. The van der Waals surface area contributed by atoms with Gasteiger partial charge in [-0.1, -0.05) is 58.4 Å². The van der Waals surface area contributed by atoms with E-state index in [0.717, 1.165) is 32.7 Å². The van der Waals surface area contributed by atoms with Crippen molar-refractivity contribution in [2.75, 3.05) is 10.0 Å². The van der Waals surface area contributed by atoms with Crippen LogP contribution >= 0.6 is 27.7 Å². The van der Waals surface area contributed by atoms with E-state index in [1.165, 1.54) is 11.8 Å². The van der Waals surface area contributed by atoms with Crippen LogP contribution in [0.4, 0.5) is 11.4 Å². The molecule has 3 aromatic rings. The Balaban J connectivity index is 1.68. The third kappa shape index (κ3) is 4.03. The van der Waals surface area contributed by atoms with Crippen LogP contribution in [0.15, 0.2) is 106 Å². The number of para-hydroxylation sites is 1. The minimum atomic E-state index is -0.852. The minimum absolute atomic E-state index is 0.0707. The molecule has 0 amide bonds. The molecule has 0 radical (unpaired) electrons. The van der Waals surface area contributed by atoms with Crippen molar-refractivity contribution in [3.8, 4) is 0 Å². The number of nitrogens with zero attached hydrogens (tertiary/aromatic N) is 4. The van der Waals surface area contributed by atoms with Gasteiger partial charge >= 0.3 is 0 Å². The van der Waals surface area contributed by atoms with E-state index in [1.807, 2.05) is 95.8 Å². The molecule has 2 heterocycles. The number of carbonyl (C=O) groups excluding carboxylic acids is 1. The molecule has 2 aliphatic rings. The fourth-order valence-corrected chi connectivity index (χ4v) is 5.22. The van der Waals surface area contributed by atoms with Crippen LogP contribution < -0.4 is 10.0 Å². The van der Waals surface area contributed by atoms with E-state index < -0.39 is 4.99 Å². The number of ketones is 1. The minimum Gasteiger partial charge on any atom is -0.292 e. The molecule has 1 spiro atoms. The molecular weight excluding hydrogens is 496 g/mol. The van der Waals surface area contributed by atoms with Crippen LogP contribution in [-0.2, 0) is 4.79 Å². The van der Waals surface area contributed by atoms with Gasteiger partial charge in [0, 0.05) is 17.0 Å². The van der Waals surface area contributed by atoms with Crippen molar-refractivity contribution in [1.29, 1.82) is 0 Å². The van der Waals surface area contributed by atoms with Gasteiger partial charge in [-0.3, -0.25) is 4.79 Å². The number of hydrogen-bond acceptors (Lipinski definition) is 6. The third-order valence-electron chi connectivity index (χ3n) is 5.40. The summed E-state index contributed by atoms with van der Waals surface area (Å²) in [4.78, 5) is 11.6. The normalized spacial score (nSPS) is 19.6. The molecule has 7 heteroatoms. The topological polar surface area (TPSA) is 48.3 Å². The van der Waals surface area contributed by atoms with E-state index in [-0.39, 0.29) is 5.78 Å². The second-order valence-corrected chi connectivity index (χ2v) is 9.95. The molecule has 0 N–H and O–H groups in total. The Morgan fingerprint density at radius 1 is 0.909 bits per heavy atom. The molecule has 0 saturated carbocycles. The van der Waals surface area contributed by atoms with Crippen LogP contribution in [0.2, 0.25) is 0 Å². The molecule has 0 fully saturated rings. The molecule has 33 heavy (non-hydrogen) atoms. The second kappa shape index (κ2) is 8.65. The molecule has 0 aliphatic carbocycles. The zero-order valence-corrected chi connectivity index (χ0v) is 20.5. The van der Waals surface area contributed by atoms with Crippen molar-refractivity contribution in [1.82, 2.24) is 0 Å². The summed E-state index contributed by atoms with van der Waals surface area (Å²) in [5.74, 6) is -0.0707.